The van der Waals surface area contributed by atoms with Gasteiger partial charge in [-0.25, -0.2) is 0 Å². The third-order valence-electron chi connectivity index (χ3n) is 3.98. The Balaban J connectivity index is 1.59. The molecule has 15 heavy (non-hydrogen) atoms. The van der Waals surface area contributed by atoms with Crippen molar-refractivity contribution in [3.63, 3.8) is 0 Å². The maximum atomic E-state index is 5.57. The summed E-state index contributed by atoms with van der Waals surface area (Å²) < 4.78 is 5.57. The van der Waals surface area contributed by atoms with E-state index in [-0.39, 0.29) is 0 Å². The molecule has 0 spiro atoms. The lowest BCUT2D eigenvalue weighted by atomic mass is 9.84. The Hall–Kier alpha value is -0.0800. The summed E-state index contributed by atoms with van der Waals surface area (Å²) in [5.74, 6) is 0.959. The second-order valence-electron chi connectivity index (χ2n) is 5.37. The Morgan fingerprint density at radius 2 is 1.73 bits per heavy atom. The molecule has 1 N–H and O–H groups in total. The van der Waals surface area contributed by atoms with Crippen LogP contribution in [0.25, 0.3) is 0 Å². The van der Waals surface area contributed by atoms with E-state index in [1.165, 1.54) is 38.5 Å². The average molecular weight is 211 g/mol. The van der Waals surface area contributed by atoms with Crippen LogP contribution in [-0.2, 0) is 4.74 Å². The molecule has 2 fully saturated rings. The summed E-state index contributed by atoms with van der Waals surface area (Å²) >= 11 is 0. The minimum atomic E-state index is 0.551. The van der Waals surface area contributed by atoms with Crippen molar-refractivity contribution < 1.29 is 4.74 Å². The van der Waals surface area contributed by atoms with Gasteiger partial charge in [0, 0.05) is 18.7 Å². The topological polar surface area (TPSA) is 21.3 Å². The number of ether oxygens (including phenoxy) is 1. The standard InChI is InChI=1S/C13H25NO/c1-3-15-13-8-12(9-13)14-11-6-4-10(2)5-7-11/h10-14H,3-9H2,1-2H3. The van der Waals surface area contributed by atoms with E-state index in [2.05, 4.69) is 19.2 Å². The first-order chi connectivity index (χ1) is 7.28. The monoisotopic (exact) mass is 211 g/mol. The molecule has 2 heteroatoms. The molecule has 2 saturated carbocycles. The molecule has 88 valence electrons. The lowest BCUT2D eigenvalue weighted by molar-refractivity contribution is -0.0137. The molecule has 0 radical (unpaired) electrons. The predicted molar refractivity (Wildman–Crippen MR) is 63.0 cm³/mol. The van der Waals surface area contributed by atoms with Gasteiger partial charge in [0.15, 0.2) is 0 Å². The van der Waals surface area contributed by atoms with Crippen LogP contribution in [0.2, 0.25) is 0 Å². The summed E-state index contributed by atoms with van der Waals surface area (Å²) in [5.41, 5.74) is 0. The normalized spacial score (nSPS) is 41.2. The van der Waals surface area contributed by atoms with Gasteiger partial charge in [0.1, 0.15) is 0 Å². The fourth-order valence-corrected chi connectivity index (χ4v) is 2.83. The molecule has 2 nitrogen and oxygen atoms in total. The van der Waals surface area contributed by atoms with Crippen molar-refractivity contribution in [3.05, 3.63) is 0 Å². The Kier molecular flexibility index (Phi) is 4.04. The van der Waals surface area contributed by atoms with Crippen LogP contribution in [0.3, 0.4) is 0 Å². The molecule has 0 aromatic carbocycles. The molecule has 0 bridgehead atoms. The Labute approximate surface area is 93.8 Å². The molecule has 0 unspecified atom stereocenters. The van der Waals surface area contributed by atoms with Gasteiger partial charge in [0.2, 0.25) is 0 Å². The summed E-state index contributed by atoms with van der Waals surface area (Å²) in [6, 6.07) is 1.55. The Bertz CT molecular complexity index is 181. The molecule has 2 aliphatic carbocycles. The van der Waals surface area contributed by atoms with E-state index in [1.54, 1.807) is 0 Å². The van der Waals surface area contributed by atoms with Crippen molar-refractivity contribution in [3.8, 4) is 0 Å². The van der Waals surface area contributed by atoms with Crippen molar-refractivity contribution in [1.29, 1.82) is 0 Å². The maximum Gasteiger partial charge on any atom is 0.0604 e. The molecule has 0 aliphatic heterocycles. The van der Waals surface area contributed by atoms with Gasteiger partial charge in [-0.05, 0) is 51.4 Å². The predicted octanol–water partition coefficient (Wildman–Crippen LogP) is 2.72. The van der Waals surface area contributed by atoms with Gasteiger partial charge in [-0.1, -0.05) is 6.92 Å². The first-order valence-corrected chi connectivity index (χ1v) is 6.65. The van der Waals surface area contributed by atoms with Gasteiger partial charge >= 0.3 is 0 Å². The molecule has 2 rings (SSSR count). The number of hydrogen-bond donors (Lipinski definition) is 1. The first-order valence-electron chi connectivity index (χ1n) is 6.65. The highest BCUT2D eigenvalue weighted by Crippen LogP contribution is 2.28. The molecular weight excluding hydrogens is 186 g/mol. The van der Waals surface area contributed by atoms with Gasteiger partial charge < -0.3 is 10.1 Å². The van der Waals surface area contributed by atoms with Crippen LogP contribution in [0.4, 0.5) is 0 Å². The van der Waals surface area contributed by atoms with E-state index in [0.717, 1.165) is 24.6 Å². The lowest BCUT2D eigenvalue weighted by Crippen LogP contribution is -2.50. The summed E-state index contributed by atoms with van der Waals surface area (Å²) in [6.45, 7) is 5.34. The van der Waals surface area contributed by atoms with Crippen LogP contribution in [0.15, 0.2) is 0 Å². The van der Waals surface area contributed by atoms with E-state index < -0.39 is 0 Å². The van der Waals surface area contributed by atoms with Crippen LogP contribution in [0.5, 0.6) is 0 Å². The van der Waals surface area contributed by atoms with E-state index in [1.807, 2.05) is 0 Å². The summed E-state index contributed by atoms with van der Waals surface area (Å²) in [7, 11) is 0. The van der Waals surface area contributed by atoms with Crippen molar-refractivity contribution in [2.24, 2.45) is 5.92 Å². The van der Waals surface area contributed by atoms with Gasteiger partial charge in [-0.2, -0.15) is 0 Å². The van der Waals surface area contributed by atoms with Gasteiger partial charge in [0.25, 0.3) is 0 Å². The van der Waals surface area contributed by atoms with Gasteiger partial charge in [-0.3, -0.25) is 0 Å². The first kappa shape index (κ1) is 11.4. The number of rotatable bonds is 4. The van der Waals surface area contributed by atoms with E-state index in [0.29, 0.717) is 6.10 Å². The van der Waals surface area contributed by atoms with Crippen molar-refractivity contribution >= 4 is 0 Å². The zero-order valence-corrected chi connectivity index (χ0v) is 10.2. The molecule has 0 atom stereocenters. The summed E-state index contributed by atoms with van der Waals surface area (Å²) in [4.78, 5) is 0. The largest absolute Gasteiger partial charge is 0.378 e. The SMILES string of the molecule is CCOC1CC(NC2CCC(C)CC2)C1. The average Bonchev–Trinajstić information content (AvgIpc) is 2.18. The number of hydrogen-bond acceptors (Lipinski definition) is 2. The highest BCUT2D eigenvalue weighted by molar-refractivity contribution is 4.89. The van der Waals surface area contributed by atoms with Crippen molar-refractivity contribution in [2.75, 3.05) is 6.61 Å². The van der Waals surface area contributed by atoms with Crippen LogP contribution in [-0.4, -0.2) is 24.8 Å². The Morgan fingerprint density at radius 1 is 1.07 bits per heavy atom. The molecule has 0 amide bonds. The summed E-state index contributed by atoms with van der Waals surface area (Å²) in [5, 5.41) is 3.78. The van der Waals surface area contributed by atoms with E-state index in [9.17, 15) is 0 Å². The second kappa shape index (κ2) is 5.31. The van der Waals surface area contributed by atoms with Gasteiger partial charge in [-0.15, -0.1) is 0 Å². The van der Waals surface area contributed by atoms with Crippen LogP contribution in [0.1, 0.15) is 52.4 Å². The quantitative estimate of drug-likeness (QED) is 0.772. The Morgan fingerprint density at radius 3 is 2.33 bits per heavy atom. The van der Waals surface area contributed by atoms with E-state index in [4.69, 9.17) is 4.74 Å². The maximum absolute atomic E-state index is 5.57. The third kappa shape index (κ3) is 3.18. The molecule has 0 aromatic heterocycles. The van der Waals surface area contributed by atoms with Gasteiger partial charge in [0.05, 0.1) is 6.10 Å². The zero-order chi connectivity index (χ0) is 10.7. The highest BCUT2D eigenvalue weighted by Gasteiger charge is 2.31. The third-order valence-corrected chi connectivity index (χ3v) is 3.98. The molecule has 2 aliphatic rings. The summed E-state index contributed by atoms with van der Waals surface area (Å²) in [6.07, 6.45) is 8.63. The number of nitrogens with one attached hydrogen (secondary N) is 1. The fraction of sp³-hybridized carbons (Fsp3) is 1.00. The van der Waals surface area contributed by atoms with Crippen LogP contribution < -0.4 is 5.32 Å². The van der Waals surface area contributed by atoms with Crippen LogP contribution >= 0.6 is 0 Å². The minimum absolute atomic E-state index is 0.551. The van der Waals surface area contributed by atoms with Crippen LogP contribution in [0, 0.1) is 5.92 Å². The molecule has 0 saturated heterocycles. The second-order valence-corrected chi connectivity index (χ2v) is 5.37. The van der Waals surface area contributed by atoms with E-state index >= 15 is 0 Å². The molecule has 0 heterocycles. The molecule has 0 aromatic rings. The lowest BCUT2D eigenvalue weighted by Gasteiger charge is -2.39. The van der Waals surface area contributed by atoms with Crippen molar-refractivity contribution in [1.82, 2.24) is 5.32 Å². The zero-order valence-electron chi connectivity index (χ0n) is 10.2. The highest BCUT2D eigenvalue weighted by atomic mass is 16.5. The molecular formula is C13H25NO. The minimum Gasteiger partial charge on any atom is -0.378 e. The smallest absolute Gasteiger partial charge is 0.0604 e. The fourth-order valence-electron chi connectivity index (χ4n) is 2.83. The van der Waals surface area contributed by atoms with Crippen molar-refractivity contribution in [2.45, 2.75) is 70.6 Å².